The first-order valence-corrected chi connectivity index (χ1v) is 7.36. The monoisotopic (exact) mass is 262 g/mol. The van der Waals surface area contributed by atoms with Gasteiger partial charge in [0.05, 0.1) is 0 Å². The standard InChI is InChI=1S/C16H23FN2/c17-16-11-19(9-13-7-15(18)8-13)10-14(16)6-12-4-2-1-3-5-12/h1-5,13-16H,6-11,18H2/t13?,14-,15?,16+/m0/s1. The van der Waals surface area contributed by atoms with Gasteiger partial charge < -0.3 is 5.73 Å². The van der Waals surface area contributed by atoms with Gasteiger partial charge in [-0.15, -0.1) is 0 Å². The van der Waals surface area contributed by atoms with Crippen LogP contribution in [0.2, 0.25) is 0 Å². The Morgan fingerprint density at radius 2 is 1.89 bits per heavy atom. The van der Waals surface area contributed by atoms with Gasteiger partial charge in [0.25, 0.3) is 0 Å². The lowest BCUT2D eigenvalue weighted by molar-refractivity contribution is 0.174. The van der Waals surface area contributed by atoms with Crippen molar-refractivity contribution >= 4 is 0 Å². The molecule has 1 aromatic rings. The molecule has 0 amide bonds. The third kappa shape index (κ3) is 3.15. The minimum atomic E-state index is -0.672. The van der Waals surface area contributed by atoms with E-state index in [9.17, 15) is 4.39 Å². The van der Waals surface area contributed by atoms with Gasteiger partial charge in [-0.2, -0.15) is 0 Å². The van der Waals surface area contributed by atoms with E-state index < -0.39 is 6.17 Å². The lowest BCUT2D eigenvalue weighted by Crippen LogP contribution is -2.42. The van der Waals surface area contributed by atoms with Gasteiger partial charge >= 0.3 is 0 Å². The third-order valence-electron chi connectivity index (χ3n) is 4.57. The zero-order valence-corrected chi connectivity index (χ0v) is 11.3. The topological polar surface area (TPSA) is 29.3 Å². The van der Waals surface area contributed by atoms with Crippen LogP contribution in [-0.4, -0.2) is 36.7 Å². The summed E-state index contributed by atoms with van der Waals surface area (Å²) >= 11 is 0. The molecule has 1 aliphatic heterocycles. The Labute approximate surface area is 114 Å². The van der Waals surface area contributed by atoms with E-state index >= 15 is 0 Å². The summed E-state index contributed by atoms with van der Waals surface area (Å²) < 4.78 is 14.1. The van der Waals surface area contributed by atoms with Gasteiger partial charge in [0.2, 0.25) is 0 Å². The summed E-state index contributed by atoms with van der Waals surface area (Å²) in [5.41, 5.74) is 7.06. The molecule has 2 atom stereocenters. The SMILES string of the molecule is NC1CC(CN2C[C@H](Cc3ccccc3)[C@H](F)C2)C1. The van der Waals surface area contributed by atoms with E-state index in [0.717, 1.165) is 32.4 Å². The highest BCUT2D eigenvalue weighted by atomic mass is 19.1. The number of likely N-dealkylation sites (tertiary alicyclic amines) is 1. The summed E-state index contributed by atoms with van der Waals surface area (Å²) in [6.07, 6.45) is 2.44. The molecule has 0 aromatic heterocycles. The van der Waals surface area contributed by atoms with Crippen LogP contribution in [0.25, 0.3) is 0 Å². The smallest absolute Gasteiger partial charge is 0.117 e. The molecular formula is C16H23FN2. The van der Waals surface area contributed by atoms with Crippen LogP contribution in [0.3, 0.4) is 0 Å². The molecule has 1 saturated carbocycles. The van der Waals surface area contributed by atoms with Crippen LogP contribution in [0.15, 0.2) is 30.3 Å². The molecule has 2 fully saturated rings. The van der Waals surface area contributed by atoms with Crippen molar-refractivity contribution in [2.45, 2.75) is 31.5 Å². The van der Waals surface area contributed by atoms with Crippen molar-refractivity contribution in [3.8, 4) is 0 Å². The largest absolute Gasteiger partial charge is 0.328 e. The minimum Gasteiger partial charge on any atom is -0.328 e. The van der Waals surface area contributed by atoms with Crippen molar-refractivity contribution in [3.63, 3.8) is 0 Å². The van der Waals surface area contributed by atoms with E-state index in [0.29, 0.717) is 18.5 Å². The molecule has 2 aliphatic rings. The van der Waals surface area contributed by atoms with Gasteiger partial charge in [0.15, 0.2) is 0 Å². The van der Waals surface area contributed by atoms with Crippen LogP contribution >= 0.6 is 0 Å². The van der Waals surface area contributed by atoms with E-state index in [1.165, 1.54) is 5.56 Å². The molecule has 19 heavy (non-hydrogen) atoms. The molecule has 1 saturated heterocycles. The number of benzene rings is 1. The summed E-state index contributed by atoms with van der Waals surface area (Å²) in [6, 6.07) is 10.7. The second-order valence-corrected chi connectivity index (χ2v) is 6.28. The fourth-order valence-electron chi connectivity index (χ4n) is 3.48. The van der Waals surface area contributed by atoms with E-state index in [-0.39, 0.29) is 5.92 Å². The average Bonchev–Trinajstić information content (AvgIpc) is 2.69. The van der Waals surface area contributed by atoms with Crippen molar-refractivity contribution in [1.29, 1.82) is 0 Å². The predicted octanol–water partition coefficient (Wildman–Crippen LogP) is 2.24. The van der Waals surface area contributed by atoms with Crippen molar-refractivity contribution in [1.82, 2.24) is 4.90 Å². The molecule has 3 rings (SSSR count). The second-order valence-electron chi connectivity index (χ2n) is 6.28. The third-order valence-corrected chi connectivity index (χ3v) is 4.57. The molecule has 0 bridgehead atoms. The zero-order valence-electron chi connectivity index (χ0n) is 11.3. The van der Waals surface area contributed by atoms with E-state index in [1.54, 1.807) is 0 Å². The van der Waals surface area contributed by atoms with Gasteiger partial charge in [0, 0.05) is 31.6 Å². The van der Waals surface area contributed by atoms with Crippen LogP contribution < -0.4 is 5.73 Å². The maximum absolute atomic E-state index is 14.1. The Hall–Kier alpha value is -0.930. The number of nitrogens with two attached hydrogens (primary N) is 1. The number of hydrogen-bond acceptors (Lipinski definition) is 2. The van der Waals surface area contributed by atoms with E-state index in [4.69, 9.17) is 5.73 Å². The first-order valence-electron chi connectivity index (χ1n) is 7.36. The van der Waals surface area contributed by atoms with Crippen LogP contribution in [0.4, 0.5) is 4.39 Å². The normalized spacial score (nSPS) is 35.3. The quantitative estimate of drug-likeness (QED) is 0.901. The summed E-state index contributed by atoms with van der Waals surface area (Å²) in [6.45, 7) is 2.56. The summed E-state index contributed by atoms with van der Waals surface area (Å²) in [7, 11) is 0. The van der Waals surface area contributed by atoms with Gasteiger partial charge in [-0.25, -0.2) is 4.39 Å². The molecule has 0 radical (unpaired) electrons. The molecule has 2 nitrogen and oxygen atoms in total. The average molecular weight is 262 g/mol. The van der Waals surface area contributed by atoms with Crippen LogP contribution in [0.1, 0.15) is 18.4 Å². The van der Waals surface area contributed by atoms with E-state index in [2.05, 4.69) is 17.0 Å². The van der Waals surface area contributed by atoms with Gasteiger partial charge in [-0.1, -0.05) is 30.3 Å². The molecule has 0 spiro atoms. The maximum atomic E-state index is 14.1. The molecule has 104 valence electrons. The molecule has 2 N–H and O–H groups in total. The van der Waals surface area contributed by atoms with Crippen LogP contribution in [0.5, 0.6) is 0 Å². The van der Waals surface area contributed by atoms with E-state index in [1.807, 2.05) is 18.2 Å². The Morgan fingerprint density at radius 3 is 2.58 bits per heavy atom. The molecular weight excluding hydrogens is 239 g/mol. The van der Waals surface area contributed by atoms with Crippen LogP contribution in [0, 0.1) is 11.8 Å². The fraction of sp³-hybridized carbons (Fsp3) is 0.625. The predicted molar refractivity (Wildman–Crippen MR) is 75.7 cm³/mol. The maximum Gasteiger partial charge on any atom is 0.117 e. The lowest BCUT2D eigenvalue weighted by Gasteiger charge is -2.35. The first kappa shape index (κ1) is 13.1. The number of rotatable bonds is 4. The summed E-state index contributed by atoms with van der Waals surface area (Å²) in [5, 5.41) is 0. The van der Waals surface area contributed by atoms with Crippen molar-refractivity contribution in [2.75, 3.05) is 19.6 Å². The highest BCUT2D eigenvalue weighted by molar-refractivity contribution is 5.16. The molecule has 1 aromatic carbocycles. The highest BCUT2D eigenvalue weighted by Gasteiger charge is 2.35. The fourth-order valence-corrected chi connectivity index (χ4v) is 3.48. The molecule has 1 aliphatic carbocycles. The van der Waals surface area contributed by atoms with Crippen molar-refractivity contribution < 1.29 is 4.39 Å². The molecule has 1 heterocycles. The van der Waals surface area contributed by atoms with Crippen LogP contribution in [-0.2, 0) is 6.42 Å². The molecule has 3 heteroatoms. The number of halogens is 1. The molecule has 0 unspecified atom stereocenters. The second kappa shape index (κ2) is 5.59. The Kier molecular flexibility index (Phi) is 3.85. The Morgan fingerprint density at radius 1 is 1.16 bits per heavy atom. The van der Waals surface area contributed by atoms with Gasteiger partial charge in [-0.3, -0.25) is 4.90 Å². The Bertz CT molecular complexity index is 402. The highest BCUT2D eigenvalue weighted by Crippen LogP contribution is 2.30. The Balaban J connectivity index is 1.50. The number of alkyl halides is 1. The van der Waals surface area contributed by atoms with Crippen molar-refractivity contribution in [2.24, 2.45) is 17.6 Å². The summed E-state index contributed by atoms with van der Waals surface area (Å²) in [4.78, 5) is 2.30. The number of hydrogen-bond donors (Lipinski definition) is 1. The first-order chi connectivity index (χ1) is 9.20. The van der Waals surface area contributed by atoms with Gasteiger partial charge in [-0.05, 0) is 30.7 Å². The van der Waals surface area contributed by atoms with Gasteiger partial charge in [0.1, 0.15) is 6.17 Å². The lowest BCUT2D eigenvalue weighted by atomic mass is 9.80. The minimum absolute atomic E-state index is 0.163. The zero-order chi connectivity index (χ0) is 13.2. The number of nitrogens with zero attached hydrogens (tertiary/aromatic N) is 1. The van der Waals surface area contributed by atoms with Crippen molar-refractivity contribution in [3.05, 3.63) is 35.9 Å². The summed E-state index contributed by atoms with van der Waals surface area (Å²) in [5.74, 6) is 0.869.